The summed E-state index contributed by atoms with van der Waals surface area (Å²) >= 11 is 0. The van der Waals surface area contributed by atoms with Crippen LogP contribution in [-0.4, -0.2) is 46.2 Å². The maximum Gasteiger partial charge on any atom is 0.282 e. The second-order valence-electron chi connectivity index (χ2n) is 8.08. The van der Waals surface area contributed by atoms with Crippen molar-refractivity contribution < 1.29 is 14.5 Å². The van der Waals surface area contributed by atoms with Gasteiger partial charge in [-0.25, -0.2) is 0 Å². The Kier molecular flexibility index (Phi) is 6.16. The number of nitrogens with one attached hydrogen (secondary N) is 1. The zero-order chi connectivity index (χ0) is 21.8. The van der Waals surface area contributed by atoms with E-state index in [4.69, 9.17) is 0 Å². The molecule has 4 rings (SSSR count). The van der Waals surface area contributed by atoms with Gasteiger partial charge >= 0.3 is 0 Å². The summed E-state index contributed by atoms with van der Waals surface area (Å²) in [5.41, 5.74) is 2.73. The summed E-state index contributed by atoms with van der Waals surface area (Å²) in [5, 5.41) is 14.7. The highest BCUT2D eigenvalue weighted by atomic mass is 16.6. The maximum absolute atomic E-state index is 12.8. The lowest BCUT2D eigenvalue weighted by molar-refractivity contribution is -0.385. The Balaban J connectivity index is 1.46. The number of benzene rings is 2. The van der Waals surface area contributed by atoms with Gasteiger partial charge in [0.15, 0.2) is 0 Å². The van der Waals surface area contributed by atoms with Crippen LogP contribution < -0.4 is 5.32 Å². The number of nitro benzene ring substituents is 1. The van der Waals surface area contributed by atoms with Crippen LogP contribution in [0.3, 0.4) is 0 Å². The van der Waals surface area contributed by atoms with E-state index in [0.717, 1.165) is 36.9 Å². The van der Waals surface area contributed by atoms with Gasteiger partial charge in [-0.1, -0.05) is 24.3 Å². The number of anilines is 1. The van der Waals surface area contributed by atoms with E-state index in [1.807, 2.05) is 23.1 Å². The van der Waals surface area contributed by atoms with Crippen molar-refractivity contribution in [2.75, 3.05) is 25.0 Å². The van der Waals surface area contributed by atoms with Gasteiger partial charge in [-0.15, -0.1) is 0 Å². The molecule has 8 heteroatoms. The molecular formula is C23H26N4O4. The molecule has 0 unspecified atom stereocenters. The van der Waals surface area contributed by atoms with Gasteiger partial charge in [-0.3, -0.25) is 19.7 Å². The molecule has 2 aliphatic rings. The first-order chi connectivity index (χ1) is 15.0. The average molecular weight is 422 g/mol. The molecule has 0 spiro atoms. The van der Waals surface area contributed by atoms with Crippen LogP contribution in [-0.2, 0) is 17.9 Å². The molecule has 2 fully saturated rings. The Hall–Kier alpha value is -3.42. The van der Waals surface area contributed by atoms with Crippen LogP contribution in [0.15, 0.2) is 42.5 Å². The largest absolute Gasteiger partial charge is 0.381 e. The van der Waals surface area contributed by atoms with Gasteiger partial charge in [0, 0.05) is 50.9 Å². The lowest BCUT2D eigenvalue weighted by atomic mass is 10.1. The number of amides is 2. The number of carbonyl (C=O) groups excluding carboxylic acids is 2. The molecule has 8 nitrogen and oxygen atoms in total. The van der Waals surface area contributed by atoms with Gasteiger partial charge in [0.25, 0.3) is 11.6 Å². The number of rotatable bonds is 7. The Labute approximate surface area is 181 Å². The fourth-order valence-electron chi connectivity index (χ4n) is 4.20. The molecule has 31 heavy (non-hydrogen) atoms. The molecule has 2 saturated heterocycles. The number of carbonyl (C=O) groups is 2. The van der Waals surface area contributed by atoms with Gasteiger partial charge in [-0.2, -0.15) is 0 Å². The van der Waals surface area contributed by atoms with E-state index in [9.17, 15) is 19.7 Å². The van der Waals surface area contributed by atoms with Crippen LogP contribution in [0.4, 0.5) is 11.4 Å². The van der Waals surface area contributed by atoms with Gasteiger partial charge in [0.1, 0.15) is 5.56 Å². The molecule has 0 atom stereocenters. The van der Waals surface area contributed by atoms with E-state index in [-0.39, 0.29) is 23.1 Å². The summed E-state index contributed by atoms with van der Waals surface area (Å²) in [5.74, 6) is -0.0882. The summed E-state index contributed by atoms with van der Waals surface area (Å²) in [7, 11) is 0. The molecule has 2 aliphatic heterocycles. The van der Waals surface area contributed by atoms with Crippen LogP contribution in [0.1, 0.15) is 47.2 Å². The van der Waals surface area contributed by atoms with Crippen LogP contribution in [0.2, 0.25) is 0 Å². The molecule has 0 aliphatic carbocycles. The monoisotopic (exact) mass is 422 g/mol. The van der Waals surface area contributed by atoms with Crippen LogP contribution in [0, 0.1) is 10.1 Å². The van der Waals surface area contributed by atoms with Gasteiger partial charge in [0.2, 0.25) is 5.91 Å². The SMILES string of the molecule is O=C1CCCN1Cc1cccc(CNc2ccc([N+](=O)[O-])c(C(=O)N3CCCC3)c2)c1. The molecule has 2 aromatic carbocycles. The predicted molar refractivity (Wildman–Crippen MR) is 117 cm³/mol. The molecule has 0 radical (unpaired) electrons. The van der Waals surface area contributed by atoms with Gasteiger partial charge < -0.3 is 15.1 Å². The summed E-state index contributed by atoms with van der Waals surface area (Å²) < 4.78 is 0. The van der Waals surface area contributed by atoms with E-state index >= 15 is 0 Å². The van der Waals surface area contributed by atoms with E-state index in [1.54, 1.807) is 17.0 Å². The lowest BCUT2D eigenvalue weighted by Crippen LogP contribution is -2.28. The second-order valence-corrected chi connectivity index (χ2v) is 8.08. The minimum atomic E-state index is -0.504. The molecule has 2 amide bonds. The quantitative estimate of drug-likeness (QED) is 0.544. The third kappa shape index (κ3) is 4.84. The third-order valence-corrected chi connectivity index (χ3v) is 5.85. The fourth-order valence-corrected chi connectivity index (χ4v) is 4.20. The van der Waals surface area contributed by atoms with Crippen LogP contribution >= 0.6 is 0 Å². The Bertz CT molecular complexity index is 1000. The van der Waals surface area contributed by atoms with Crippen molar-refractivity contribution in [3.63, 3.8) is 0 Å². The topological polar surface area (TPSA) is 95.8 Å². The number of nitrogens with zero attached hydrogens (tertiary/aromatic N) is 3. The first-order valence-corrected chi connectivity index (χ1v) is 10.7. The third-order valence-electron chi connectivity index (χ3n) is 5.85. The fraction of sp³-hybridized carbons (Fsp3) is 0.391. The summed E-state index contributed by atoms with van der Waals surface area (Å²) in [6, 6.07) is 12.6. The number of likely N-dealkylation sites (tertiary alicyclic amines) is 2. The first-order valence-electron chi connectivity index (χ1n) is 10.7. The van der Waals surface area contributed by atoms with E-state index in [1.165, 1.54) is 6.07 Å². The number of hydrogen-bond donors (Lipinski definition) is 1. The molecule has 0 bridgehead atoms. The van der Waals surface area contributed by atoms with Gasteiger partial charge in [-0.05, 0) is 42.5 Å². The molecule has 2 aromatic rings. The van der Waals surface area contributed by atoms with Crippen molar-refractivity contribution in [2.24, 2.45) is 0 Å². The predicted octanol–water partition coefficient (Wildman–Crippen LogP) is 3.57. The zero-order valence-electron chi connectivity index (χ0n) is 17.4. The molecule has 162 valence electrons. The standard InChI is InChI=1S/C23H26N4O4/c28-22-7-4-12-26(22)16-18-6-3-5-17(13-18)15-24-19-8-9-21(27(30)31)20(14-19)23(29)25-10-1-2-11-25/h3,5-6,8-9,13-14,24H,1-2,4,7,10-12,15-16H2. The minimum Gasteiger partial charge on any atom is -0.381 e. The highest BCUT2D eigenvalue weighted by Gasteiger charge is 2.27. The normalized spacial score (nSPS) is 16.1. The van der Waals surface area contributed by atoms with Crippen molar-refractivity contribution in [1.29, 1.82) is 0 Å². The second kappa shape index (κ2) is 9.16. The van der Waals surface area contributed by atoms with E-state index in [0.29, 0.717) is 38.3 Å². The first kappa shape index (κ1) is 20.8. The van der Waals surface area contributed by atoms with Crippen LogP contribution in [0.25, 0.3) is 0 Å². The van der Waals surface area contributed by atoms with E-state index < -0.39 is 4.92 Å². The Morgan fingerprint density at radius 2 is 1.81 bits per heavy atom. The molecule has 1 N–H and O–H groups in total. The van der Waals surface area contributed by atoms with Crippen molar-refractivity contribution in [3.05, 3.63) is 69.3 Å². The Morgan fingerprint density at radius 1 is 1.03 bits per heavy atom. The highest BCUT2D eigenvalue weighted by Crippen LogP contribution is 2.26. The van der Waals surface area contributed by atoms with E-state index in [2.05, 4.69) is 11.4 Å². The summed E-state index contributed by atoms with van der Waals surface area (Å²) in [6.45, 7) is 3.20. The number of hydrogen-bond acceptors (Lipinski definition) is 5. The number of nitro groups is 1. The smallest absolute Gasteiger partial charge is 0.282 e. The summed E-state index contributed by atoms with van der Waals surface area (Å²) in [6.07, 6.45) is 3.40. The molecule has 0 saturated carbocycles. The maximum atomic E-state index is 12.8. The average Bonchev–Trinajstić information content (AvgIpc) is 3.44. The van der Waals surface area contributed by atoms with Crippen molar-refractivity contribution in [1.82, 2.24) is 9.80 Å². The highest BCUT2D eigenvalue weighted by molar-refractivity contribution is 5.99. The van der Waals surface area contributed by atoms with Crippen molar-refractivity contribution in [3.8, 4) is 0 Å². The van der Waals surface area contributed by atoms with Gasteiger partial charge in [0.05, 0.1) is 4.92 Å². The molecule has 0 aromatic heterocycles. The molecule has 2 heterocycles. The lowest BCUT2D eigenvalue weighted by Gasteiger charge is -2.17. The Morgan fingerprint density at radius 3 is 2.52 bits per heavy atom. The zero-order valence-corrected chi connectivity index (χ0v) is 17.4. The summed E-state index contributed by atoms with van der Waals surface area (Å²) in [4.78, 5) is 39.1. The minimum absolute atomic E-state index is 0.123. The van der Waals surface area contributed by atoms with Crippen molar-refractivity contribution in [2.45, 2.75) is 38.8 Å². The van der Waals surface area contributed by atoms with Crippen molar-refractivity contribution >= 4 is 23.2 Å². The molecular weight excluding hydrogens is 396 g/mol. The van der Waals surface area contributed by atoms with Crippen LogP contribution in [0.5, 0.6) is 0 Å².